The molecule has 2 rings (SSSR count). The molecule has 0 saturated heterocycles. The van der Waals surface area contributed by atoms with Crippen molar-refractivity contribution in [3.05, 3.63) is 53.6 Å². The highest BCUT2D eigenvalue weighted by Crippen LogP contribution is 2.33. The number of hydrogen-bond acceptors (Lipinski definition) is 2. The van der Waals surface area contributed by atoms with Gasteiger partial charge in [0.05, 0.1) is 6.10 Å². The van der Waals surface area contributed by atoms with Gasteiger partial charge in [-0.2, -0.15) is 0 Å². The van der Waals surface area contributed by atoms with E-state index < -0.39 is 6.10 Å². The van der Waals surface area contributed by atoms with Crippen LogP contribution >= 0.6 is 54.8 Å². The highest BCUT2D eigenvalue weighted by atomic mass is 79.9. The first-order valence-electron chi connectivity index (χ1n) is 5.35. The normalized spacial score (nSPS) is 12.7. The first-order chi connectivity index (χ1) is 8.47. The summed E-state index contributed by atoms with van der Waals surface area (Å²) in [5, 5.41) is 10.9. The third kappa shape index (κ3) is 3.36. The lowest BCUT2D eigenvalue weighted by molar-refractivity contribution is 0.182. The average molecular weight is 411 g/mol. The number of aliphatic hydroxyl groups excluding tert-OH is 1. The SMILES string of the molecule is Cc1sc(C(O)Cc2ccc(Br)cc2Cl)cc1Br. The van der Waals surface area contributed by atoms with E-state index in [-0.39, 0.29) is 0 Å². The van der Waals surface area contributed by atoms with Crippen LogP contribution in [0.2, 0.25) is 5.02 Å². The van der Waals surface area contributed by atoms with Crippen LogP contribution < -0.4 is 0 Å². The van der Waals surface area contributed by atoms with Gasteiger partial charge in [-0.25, -0.2) is 0 Å². The van der Waals surface area contributed by atoms with Crippen LogP contribution in [0.15, 0.2) is 33.2 Å². The second kappa shape index (κ2) is 6.06. The molecule has 0 aliphatic rings. The molecule has 96 valence electrons. The fraction of sp³-hybridized carbons (Fsp3) is 0.231. The van der Waals surface area contributed by atoms with E-state index in [1.54, 1.807) is 11.3 Å². The Kier molecular flexibility index (Phi) is 4.89. The van der Waals surface area contributed by atoms with Crippen LogP contribution in [-0.2, 0) is 6.42 Å². The second-order valence-electron chi connectivity index (χ2n) is 4.01. The number of benzene rings is 1. The topological polar surface area (TPSA) is 20.2 Å². The summed E-state index contributed by atoms with van der Waals surface area (Å²) < 4.78 is 1.99. The van der Waals surface area contributed by atoms with Gasteiger partial charge in [0.15, 0.2) is 0 Å². The first kappa shape index (κ1) is 14.5. The van der Waals surface area contributed by atoms with Gasteiger partial charge in [0.25, 0.3) is 0 Å². The predicted octanol–water partition coefficient (Wildman–Crippen LogP) is 5.51. The Hall–Kier alpha value is 0.130. The highest BCUT2D eigenvalue weighted by Gasteiger charge is 2.14. The molecule has 1 aromatic heterocycles. The molecule has 0 bridgehead atoms. The largest absolute Gasteiger partial charge is 0.387 e. The summed E-state index contributed by atoms with van der Waals surface area (Å²) in [5.74, 6) is 0. The van der Waals surface area contributed by atoms with Gasteiger partial charge in [-0.15, -0.1) is 11.3 Å². The van der Waals surface area contributed by atoms with Gasteiger partial charge in [-0.1, -0.05) is 33.6 Å². The van der Waals surface area contributed by atoms with Crippen molar-refractivity contribution >= 4 is 54.8 Å². The highest BCUT2D eigenvalue weighted by molar-refractivity contribution is 9.10. The molecule has 1 nitrogen and oxygen atoms in total. The van der Waals surface area contributed by atoms with Crippen molar-refractivity contribution in [1.29, 1.82) is 0 Å². The number of rotatable bonds is 3. The van der Waals surface area contributed by atoms with E-state index in [0.29, 0.717) is 11.4 Å². The maximum absolute atomic E-state index is 10.2. The summed E-state index contributed by atoms with van der Waals surface area (Å²) in [4.78, 5) is 2.13. The molecule has 0 aliphatic carbocycles. The van der Waals surface area contributed by atoms with Crippen molar-refractivity contribution in [2.24, 2.45) is 0 Å². The van der Waals surface area contributed by atoms with Gasteiger partial charge >= 0.3 is 0 Å². The Bertz CT molecular complexity index is 549. The second-order valence-corrected chi connectivity index (χ2v) is 7.47. The van der Waals surface area contributed by atoms with Gasteiger partial charge in [0, 0.05) is 30.1 Å². The third-order valence-corrected chi connectivity index (χ3v) is 5.72. The molecule has 2 aromatic rings. The fourth-order valence-corrected chi connectivity index (χ4v) is 3.94. The minimum Gasteiger partial charge on any atom is -0.387 e. The number of hydrogen-bond donors (Lipinski definition) is 1. The molecule has 0 amide bonds. The van der Waals surface area contributed by atoms with Gasteiger partial charge in [-0.05, 0) is 46.6 Å². The van der Waals surface area contributed by atoms with Crippen molar-refractivity contribution in [2.75, 3.05) is 0 Å². The number of aryl methyl sites for hydroxylation is 1. The van der Waals surface area contributed by atoms with Gasteiger partial charge in [0.1, 0.15) is 0 Å². The predicted molar refractivity (Wildman–Crippen MR) is 84.6 cm³/mol. The summed E-state index contributed by atoms with van der Waals surface area (Å²) in [5.41, 5.74) is 0.953. The quantitative estimate of drug-likeness (QED) is 0.707. The molecule has 0 aliphatic heterocycles. The fourth-order valence-electron chi connectivity index (χ4n) is 1.64. The molecule has 1 aromatic carbocycles. The van der Waals surface area contributed by atoms with Crippen molar-refractivity contribution < 1.29 is 5.11 Å². The van der Waals surface area contributed by atoms with E-state index in [1.165, 1.54) is 4.88 Å². The summed E-state index contributed by atoms with van der Waals surface area (Å²) in [6.07, 6.45) is 0.0112. The molecule has 18 heavy (non-hydrogen) atoms. The van der Waals surface area contributed by atoms with Crippen molar-refractivity contribution in [1.82, 2.24) is 0 Å². The lowest BCUT2D eigenvalue weighted by atomic mass is 10.1. The van der Waals surface area contributed by atoms with Crippen LogP contribution in [0.25, 0.3) is 0 Å². The molecule has 0 fully saturated rings. The summed E-state index contributed by atoms with van der Waals surface area (Å²) in [7, 11) is 0. The van der Waals surface area contributed by atoms with E-state index in [1.807, 2.05) is 31.2 Å². The smallest absolute Gasteiger partial charge is 0.0923 e. The van der Waals surface area contributed by atoms with E-state index in [0.717, 1.165) is 19.4 Å². The number of thiophene rings is 1. The van der Waals surface area contributed by atoms with Crippen LogP contribution in [0.5, 0.6) is 0 Å². The Morgan fingerprint density at radius 2 is 2.06 bits per heavy atom. The minimum atomic E-state index is -0.515. The van der Waals surface area contributed by atoms with Crippen LogP contribution in [0.4, 0.5) is 0 Å². The first-order valence-corrected chi connectivity index (χ1v) is 8.13. The molecule has 1 unspecified atom stereocenters. The summed E-state index contributed by atoms with van der Waals surface area (Å²) in [6, 6.07) is 7.69. The summed E-state index contributed by atoms with van der Waals surface area (Å²) >= 11 is 14.6. The average Bonchev–Trinajstić information content (AvgIpc) is 2.63. The Morgan fingerprint density at radius 1 is 1.33 bits per heavy atom. The van der Waals surface area contributed by atoms with E-state index in [9.17, 15) is 5.11 Å². The zero-order valence-corrected chi connectivity index (χ0v) is 14.3. The van der Waals surface area contributed by atoms with Gasteiger partial charge in [-0.3, -0.25) is 0 Å². The molecule has 1 heterocycles. The van der Waals surface area contributed by atoms with Crippen molar-refractivity contribution in [2.45, 2.75) is 19.4 Å². The maximum Gasteiger partial charge on any atom is 0.0923 e. The lowest BCUT2D eigenvalue weighted by Gasteiger charge is -2.10. The number of halogens is 3. The molecule has 0 saturated carbocycles. The van der Waals surface area contributed by atoms with Crippen LogP contribution in [0, 0.1) is 6.92 Å². The van der Waals surface area contributed by atoms with Crippen LogP contribution in [0.3, 0.4) is 0 Å². The Labute approximate surface area is 132 Å². The Morgan fingerprint density at radius 3 is 2.61 bits per heavy atom. The van der Waals surface area contributed by atoms with Crippen molar-refractivity contribution in [3.8, 4) is 0 Å². The molecule has 1 N–H and O–H groups in total. The molecule has 0 radical (unpaired) electrons. The van der Waals surface area contributed by atoms with Crippen LogP contribution in [0.1, 0.15) is 21.4 Å². The Balaban J connectivity index is 2.18. The lowest BCUT2D eigenvalue weighted by Crippen LogP contribution is -2.00. The maximum atomic E-state index is 10.2. The molecular formula is C13H11Br2ClOS. The zero-order chi connectivity index (χ0) is 13.3. The molecular weight excluding hydrogens is 399 g/mol. The minimum absolute atomic E-state index is 0.515. The zero-order valence-electron chi connectivity index (χ0n) is 9.58. The van der Waals surface area contributed by atoms with Gasteiger partial charge in [0.2, 0.25) is 0 Å². The van der Waals surface area contributed by atoms with Crippen molar-refractivity contribution in [3.63, 3.8) is 0 Å². The third-order valence-electron chi connectivity index (χ3n) is 2.63. The molecule has 1 atom stereocenters. The molecule has 5 heteroatoms. The van der Waals surface area contributed by atoms with E-state index >= 15 is 0 Å². The van der Waals surface area contributed by atoms with E-state index in [4.69, 9.17) is 11.6 Å². The van der Waals surface area contributed by atoms with Crippen LogP contribution in [-0.4, -0.2) is 5.11 Å². The monoisotopic (exact) mass is 408 g/mol. The molecule has 0 spiro atoms. The van der Waals surface area contributed by atoms with E-state index in [2.05, 4.69) is 31.9 Å². The standard InChI is InChI=1S/C13H11Br2ClOS/c1-7-10(15)6-13(18-7)12(17)4-8-2-3-9(14)5-11(8)16/h2-3,5-6,12,17H,4H2,1H3. The number of aliphatic hydroxyl groups is 1. The van der Waals surface area contributed by atoms with Gasteiger partial charge < -0.3 is 5.11 Å². The summed E-state index contributed by atoms with van der Waals surface area (Å²) in [6.45, 7) is 2.03.